The second-order valence-corrected chi connectivity index (χ2v) is 5.93. The molecule has 0 atom stereocenters. The molecule has 4 nitrogen and oxygen atoms in total. The fraction of sp³-hybridized carbons (Fsp3) is 0.385. The molecular weight excluding hydrogens is 345 g/mol. The van der Waals surface area contributed by atoms with Gasteiger partial charge in [0.1, 0.15) is 5.75 Å². The van der Waals surface area contributed by atoms with Crippen LogP contribution in [-0.4, -0.2) is 16.9 Å². The quantitative estimate of drug-likeness (QED) is 0.814. The van der Waals surface area contributed by atoms with Crippen molar-refractivity contribution in [1.29, 1.82) is 0 Å². The molecule has 1 rings (SSSR count). The molecule has 1 aromatic rings. The van der Waals surface area contributed by atoms with Crippen LogP contribution in [0.4, 0.5) is 0 Å². The number of carbonyl (C=O) groups excluding carboxylic acids is 2. The number of aromatic hydroxyl groups is 1. The van der Waals surface area contributed by atoms with Crippen molar-refractivity contribution in [3.63, 3.8) is 0 Å². The van der Waals surface area contributed by atoms with Crippen molar-refractivity contribution in [3.8, 4) is 5.75 Å². The van der Waals surface area contributed by atoms with E-state index < -0.39 is 11.3 Å². The van der Waals surface area contributed by atoms with E-state index in [0.717, 1.165) is 3.57 Å². The summed E-state index contributed by atoms with van der Waals surface area (Å²) in [5.41, 5.74) is -0.491. The maximum atomic E-state index is 11.9. The number of hydrogen-bond donors (Lipinski definition) is 2. The van der Waals surface area contributed by atoms with Crippen molar-refractivity contribution in [2.45, 2.75) is 27.2 Å². The van der Waals surface area contributed by atoms with E-state index in [4.69, 9.17) is 0 Å². The van der Waals surface area contributed by atoms with Crippen LogP contribution in [0.15, 0.2) is 18.2 Å². The monoisotopic (exact) mass is 361 g/mol. The lowest BCUT2D eigenvalue weighted by Crippen LogP contribution is -2.40. The van der Waals surface area contributed by atoms with Gasteiger partial charge in [0.15, 0.2) is 0 Å². The molecule has 18 heavy (non-hydrogen) atoms. The zero-order valence-corrected chi connectivity index (χ0v) is 12.7. The van der Waals surface area contributed by atoms with E-state index in [1.54, 1.807) is 19.9 Å². The van der Waals surface area contributed by atoms with Gasteiger partial charge in [-0.25, -0.2) is 0 Å². The molecule has 0 radical (unpaired) electrons. The molecule has 98 valence electrons. The van der Waals surface area contributed by atoms with E-state index in [0.29, 0.717) is 6.42 Å². The van der Waals surface area contributed by atoms with E-state index in [9.17, 15) is 14.7 Å². The van der Waals surface area contributed by atoms with Gasteiger partial charge in [0.05, 0.1) is 5.56 Å². The molecule has 0 aliphatic heterocycles. The molecule has 0 aromatic heterocycles. The van der Waals surface area contributed by atoms with Gasteiger partial charge in [-0.15, -0.1) is 0 Å². The molecule has 5 heteroatoms. The fourth-order valence-corrected chi connectivity index (χ4v) is 1.68. The molecule has 0 fully saturated rings. The first kappa shape index (κ1) is 14.9. The highest BCUT2D eigenvalue weighted by atomic mass is 127. The predicted octanol–water partition coefficient (Wildman–Crippen LogP) is 2.69. The zero-order valence-electron chi connectivity index (χ0n) is 10.6. The Kier molecular flexibility index (Phi) is 4.72. The van der Waals surface area contributed by atoms with E-state index in [1.165, 1.54) is 12.1 Å². The van der Waals surface area contributed by atoms with Crippen molar-refractivity contribution >= 4 is 34.4 Å². The third kappa shape index (κ3) is 3.44. The van der Waals surface area contributed by atoms with Crippen LogP contribution in [0, 0.1) is 8.99 Å². The third-order valence-corrected chi connectivity index (χ3v) is 3.60. The highest BCUT2D eigenvalue weighted by Crippen LogP contribution is 2.22. The van der Waals surface area contributed by atoms with Gasteiger partial charge in [0.2, 0.25) is 5.91 Å². The Morgan fingerprint density at radius 2 is 2.00 bits per heavy atom. The Hall–Kier alpha value is -1.11. The van der Waals surface area contributed by atoms with E-state index in [-0.39, 0.29) is 17.2 Å². The fourth-order valence-electron chi connectivity index (χ4n) is 1.19. The second kappa shape index (κ2) is 5.69. The summed E-state index contributed by atoms with van der Waals surface area (Å²) in [6.45, 7) is 5.42. The molecule has 0 unspecified atom stereocenters. The van der Waals surface area contributed by atoms with Gasteiger partial charge in [-0.3, -0.25) is 14.9 Å². The summed E-state index contributed by atoms with van der Waals surface area (Å²) < 4.78 is 0.817. The number of halogens is 1. The summed E-state index contributed by atoms with van der Waals surface area (Å²) in [6.07, 6.45) is 0.629. The summed E-state index contributed by atoms with van der Waals surface area (Å²) in [5, 5.41) is 11.9. The summed E-state index contributed by atoms with van der Waals surface area (Å²) in [5.74, 6) is -1.04. The van der Waals surface area contributed by atoms with Crippen molar-refractivity contribution in [2.24, 2.45) is 5.41 Å². The molecule has 2 amide bonds. The normalized spacial score (nSPS) is 11.1. The van der Waals surface area contributed by atoms with Crippen molar-refractivity contribution in [2.75, 3.05) is 0 Å². The SMILES string of the molecule is CCC(C)(C)C(=O)NC(=O)c1cc(I)ccc1O. The Balaban J connectivity index is 2.90. The average Bonchev–Trinajstić information content (AvgIpc) is 2.31. The molecule has 0 spiro atoms. The number of hydrogen-bond acceptors (Lipinski definition) is 3. The molecule has 0 heterocycles. The topological polar surface area (TPSA) is 66.4 Å². The standard InChI is InChI=1S/C13H16INO3/c1-4-13(2,3)12(18)15-11(17)9-7-8(14)5-6-10(9)16/h5-7,16H,4H2,1-3H3,(H,15,17,18). The highest BCUT2D eigenvalue weighted by molar-refractivity contribution is 14.1. The van der Waals surface area contributed by atoms with Crippen LogP contribution < -0.4 is 5.32 Å². The molecule has 0 aliphatic carbocycles. The summed E-state index contributed by atoms with van der Waals surface area (Å²) >= 11 is 2.04. The second-order valence-electron chi connectivity index (χ2n) is 4.68. The van der Waals surface area contributed by atoms with Crippen LogP contribution in [0.25, 0.3) is 0 Å². The number of nitrogens with one attached hydrogen (secondary N) is 1. The Morgan fingerprint density at radius 1 is 1.39 bits per heavy atom. The Morgan fingerprint density at radius 3 is 2.56 bits per heavy atom. The first-order valence-electron chi connectivity index (χ1n) is 5.62. The van der Waals surface area contributed by atoms with Crippen LogP contribution in [0.5, 0.6) is 5.75 Å². The van der Waals surface area contributed by atoms with E-state index in [2.05, 4.69) is 5.32 Å². The number of carbonyl (C=O) groups is 2. The van der Waals surface area contributed by atoms with Crippen LogP contribution in [0.3, 0.4) is 0 Å². The maximum Gasteiger partial charge on any atom is 0.261 e. The van der Waals surface area contributed by atoms with Crippen LogP contribution in [0.2, 0.25) is 0 Å². The van der Waals surface area contributed by atoms with E-state index in [1.807, 2.05) is 29.5 Å². The lowest BCUT2D eigenvalue weighted by atomic mass is 9.89. The largest absolute Gasteiger partial charge is 0.507 e. The average molecular weight is 361 g/mol. The Labute approximate surface area is 120 Å². The molecule has 0 aliphatic rings. The number of imide groups is 1. The van der Waals surface area contributed by atoms with E-state index >= 15 is 0 Å². The van der Waals surface area contributed by atoms with Gasteiger partial charge in [-0.05, 0) is 47.2 Å². The molecular formula is C13H16INO3. The van der Waals surface area contributed by atoms with Crippen molar-refractivity contribution in [3.05, 3.63) is 27.3 Å². The first-order chi connectivity index (χ1) is 8.27. The smallest absolute Gasteiger partial charge is 0.261 e. The minimum atomic E-state index is -0.604. The third-order valence-electron chi connectivity index (χ3n) is 2.93. The number of phenols is 1. The maximum absolute atomic E-state index is 11.9. The number of phenolic OH excluding ortho intramolecular Hbond substituents is 1. The van der Waals surface area contributed by atoms with Crippen LogP contribution in [0.1, 0.15) is 37.6 Å². The number of benzene rings is 1. The first-order valence-corrected chi connectivity index (χ1v) is 6.70. The van der Waals surface area contributed by atoms with Crippen molar-refractivity contribution < 1.29 is 14.7 Å². The molecule has 0 bridgehead atoms. The zero-order chi connectivity index (χ0) is 13.9. The van der Waals surface area contributed by atoms with Crippen LogP contribution in [-0.2, 0) is 4.79 Å². The lowest BCUT2D eigenvalue weighted by molar-refractivity contribution is -0.128. The highest BCUT2D eigenvalue weighted by Gasteiger charge is 2.27. The summed E-state index contributed by atoms with van der Waals surface area (Å²) in [7, 11) is 0. The molecule has 1 aromatic carbocycles. The summed E-state index contributed by atoms with van der Waals surface area (Å²) in [6, 6.07) is 4.66. The Bertz CT molecular complexity index is 483. The van der Waals surface area contributed by atoms with Gasteiger partial charge in [-0.1, -0.05) is 20.8 Å². The molecule has 2 N–H and O–H groups in total. The lowest BCUT2D eigenvalue weighted by Gasteiger charge is -2.20. The molecule has 0 saturated heterocycles. The minimum absolute atomic E-state index is 0.113. The number of amides is 2. The minimum Gasteiger partial charge on any atom is -0.507 e. The number of rotatable bonds is 3. The van der Waals surface area contributed by atoms with Gasteiger partial charge in [0, 0.05) is 8.99 Å². The summed E-state index contributed by atoms with van der Waals surface area (Å²) in [4.78, 5) is 23.8. The van der Waals surface area contributed by atoms with Gasteiger partial charge in [-0.2, -0.15) is 0 Å². The van der Waals surface area contributed by atoms with Crippen LogP contribution >= 0.6 is 22.6 Å². The van der Waals surface area contributed by atoms with Gasteiger partial charge >= 0.3 is 0 Å². The van der Waals surface area contributed by atoms with Gasteiger partial charge in [0.25, 0.3) is 5.91 Å². The van der Waals surface area contributed by atoms with Gasteiger partial charge < -0.3 is 5.11 Å². The molecule has 0 saturated carbocycles. The predicted molar refractivity (Wildman–Crippen MR) is 77.4 cm³/mol. The van der Waals surface area contributed by atoms with Crippen molar-refractivity contribution in [1.82, 2.24) is 5.32 Å².